The van der Waals surface area contributed by atoms with Gasteiger partial charge in [-0.3, -0.25) is 23.7 Å². The van der Waals surface area contributed by atoms with E-state index in [9.17, 15) is 29.4 Å². The number of aliphatic hydroxyl groups is 1. The molecule has 0 fully saturated rings. The number of carboxylic acid groups (broad SMARTS) is 1. The molecule has 0 aliphatic carbocycles. The van der Waals surface area contributed by atoms with E-state index >= 15 is 0 Å². The van der Waals surface area contributed by atoms with Crippen LogP contribution in [0.1, 0.15) is 56.6 Å². The van der Waals surface area contributed by atoms with Crippen molar-refractivity contribution in [1.82, 2.24) is 25.2 Å². The summed E-state index contributed by atoms with van der Waals surface area (Å²) < 4.78 is 5.87. The average Bonchev–Trinajstić information content (AvgIpc) is 3.39. The highest BCUT2D eigenvalue weighted by Crippen LogP contribution is 2.21. The van der Waals surface area contributed by atoms with Gasteiger partial charge in [0.15, 0.2) is 11.6 Å². The van der Waals surface area contributed by atoms with Gasteiger partial charge in [-0.15, -0.1) is 11.8 Å². The zero-order valence-electron chi connectivity index (χ0n) is 22.4. The van der Waals surface area contributed by atoms with Crippen molar-refractivity contribution >= 4 is 35.2 Å². The average molecular weight is 573 g/mol. The van der Waals surface area contributed by atoms with E-state index in [2.05, 4.69) is 25.9 Å². The summed E-state index contributed by atoms with van der Waals surface area (Å²) >= 11 is 1.32. The summed E-state index contributed by atoms with van der Waals surface area (Å²) in [4.78, 5) is 54.7. The molecule has 0 bridgehead atoms. The van der Waals surface area contributed by atoms with Gasteiger partial charge < -0.3 is 20.8 Å². The van der Waals surface area contributed by atoms with E-state index < -0.39 is 47.3 Å². The zero-order valence-corrected chi connectivity index (χ0v) is 23.2. The highest BCUT2D eigenvalue weighted by Gasteiger charge is 2.29. The van der Waals surface area contributed by atoms with E-state index in [1.54, 1.807) is 6.92 Å². The van der Waals surface area contributed by atoms with E-state index in [1.165, 1.54) is 38.0 Å². The van der Waals surface area contributed by atoms with Gasteiger partial charge in [0.1, 0.15) is 23.0 Å². The lowest BCUT2D eigenvalue weighted by atomic mass is 10.0. The van der Waals surface area contributed by atoms with E-state index in [4.69, 9.17) is 4.63 Å². The number of carbonyl (C=O) groups excluding carboxylic acids is 2. The summed E-state index contributed by atoms with van der Waals surface area (Å²) in [5.41, 5.74) is -0.461. The Morgan fingerprint density at radius 1 is 1.18 bits per heavy atom. The van der Waals surface area contributed by atoms with Crippen molar-refractivity contribution in [2.75, 3.05) is 11.1 Å². The number of nitrogens with zero attached hydrogens (tertiary/aromatic N) is 4. The third kappa shape index (κ3) is 8.23. The van der Waals surface area contributed by atoms with E-state index in [-0.39, 0.29) is 35.9 Å². The zero-order chi connectivity index (χ0) is 29.3. The van der Waals surface area contributed by atoms with Crippen molar-refractivity contribution in [3.63, 3.8) is 0 Å². The predicted octanol–water partition coefficient (Wildman–Crippen LogP) is 1.88. The number of amides is 1. The number of anilines is 1. The molecular weight excluding hydrogens is 540 g/mol. The highest BCUT2D eigenvalue weighted by atomic mass is 32.2. The number of carbonyl (C=O) groups is 3. The Labute approximate surface area is 234 Å². The molecule has 3 rings (SSSR count). The molecule has 14 heteroatoms. The van der Waals surface area contributed by atoms with E-state index in [0.29, 0.717) is 5.75 Å². The monoisotopic (exact) mass is 572 g/mol. The molecule has 0 spiro atoms. The fraction of sp³-hybridized carbons (Fsp3) is 0.423. The lowest BCUT2D eigenvalue weighted by Gasteiger charge is -2.22. The van der Waals surface area contributed by atoms with Crippen LogP contribution in [0.3, 0.4) is 0 Å². The molecule has 2 aromatic heterocycles. The van der Waals surface area contributed by atoms with Crippen LogP contribution in [0.5, 0.6) is 0 Å². The molecule has 1 aromatic carbocycles. The third-order valence-corrected chi connectivity index (χ3v) is 6.92. The Balaban J connectivity index is 1.70. The van der Waals surface area contributed by atoms with Gasteiger partial charge in [-0.25, -0.2) is 9.61 Å². The van der Waals surface area contributed by atoms with Crippen LogP contribution in [0, 0.1) is 0 Å². The van der Waals surface area contributed by atoms with Gasteiger partial charge in [0.2, 0.25) is 5.91 Å². The molecule has 40 heavy (non-hydrogen) atoms. The van der Waals surface area contributed by atoms with Crippen LogP contribution >= 0.6 is 11.8 Å². The van der Waals surface area contributed by atoms with Crippen LogP contribution in [-0.2, 0) is 32.3 Å². The molecule has 0 saturated carbocycles. The summed E-state index contributed by atoms with van der Waals surface area (Å²) in [5.74, 6) is -1.85. The second kappa shape index (κ2) is 13.8. The standard InChI is InChI=1S/C26H32N6O7S/c1-4-19(24(36)29-17(12-21(34)35)20(33)15-40-14-16-8-6-5-7-9-16)32-11-10-27-23(25(32)37)28-13-18-22(26(2,3)38)31-39-30-18/h5-11,17,19,38H,4,12-15H2,1-3H3,(H,27,28)(H,29,36)(H,34,35)/t17-,19?/m0/s1. The number of nitrogens with one attached hydrogen (secondary N) is 2. The van der Waals surface area contributed by atoms with Crippen molar-refractivity contribution in [1.29, 1.82) is 0 Å². The van der Waals surface area contributed by atoms with Crippen molar-refractivity contribution < 1.29 is 29.2 Å². The molecule has 0 aliphatic rings. The Bertz CT molecular complexity index is 1370. The number of rotatable bonds is 15. The quantitative estimate of drug-likeness (QED) is 0.207. The summed E-state index contributed by atoms with van der Waals surface area (Å²) in [6, 6.07) is 7.22. The SMILES string of the molecule is CCC(C(=O)N[C@@H](CC(=O)O)C(=O)CSCc1ccccc1)n1ccnc(NCc2nonc2C(C)(C)O)c1=O. The van der Waals surface area contributed by atoms with Gasteiger partial charge in [-0.2, -0.15) is 0 Å². The summed E-state index contributed by atoms with van der Waals surface area (Å²) in [5, 5.41) is 32.3. The number of aromatic nitrogens is 4. The van der Waals surface area contributed by atoms with E-state index in [0.717, 1.165) is 10.1 Å². The Morgan fingerprint density at radius 3 is 2.55 bits per heavy atom. The molecule has 0 saturated heterocycles. The molecule has 4 N–H and O–H groups in total. The van der Waals surface area contributed by atoms with Crippen LogP contribution < -0.4 is 16.2 Å². The van der Waals surface area contributed by atoms with Gasteiger partial charge in [0.05, 0.1) is 24.8 Å². The first-order valence-corrected chi connectivity index (χ1v) is 13.7. The molecule has 2 atom stereocenters. The number of ketones is 1. The molecule has 0 aliphatic heterocycles. The van der Waals surface area contributed by atoms with Crippen LogP contribution in [-0.4, -0.2) is 59.5 Å². The van der Waals surface area contributed by atoms with Crippen molar-refractivity contribution in [3.05, 3.63) is 70.0 Å². The third-order valence-electron chi connectivity index (χ3n) is 5.89. The molecule has 1 amide bonds. The van der Waals surface area contributed by atoms with Gasteiger partial charge in [0.25, 0.3) is 5.56 Å². The minimum Gasteiger partial charge on any atom is -0.481 e. The number of benzene rings is 1. The second-order valence-electron chi connectivity index (χ2n) is 9.49. The summed E-state index contributed by atoms with van der Waals surface area (Å²) in [7, 11) is 0. The molecule has 1 unspecified atom stereocenters. The predicted molar refractivity (Wildman–Crippen MR) is 146 cm³/mol. The molecule has 0 radical (unpaired) electrons. The Hall–Kier alpha value is -4.04. The molecular formula is C26H32N6O7S. The van der Waals surface area contributed by atoms with Gasteiger partial charge in [0, 0.05) is 18.1 Å². The maximum atomic E-state index is 13.2. The number of hydrogen-bond acceptors (Lipinski definition) is 11. The molecule has 2 heterocycles. The minimum absolute atomic E-state index is 0.0106. The van der Waals surface area contributed by atoms with Crippen LogP contribution in [0.4, 0.5) is 5.82 Å². The number of hydrogen-bond donors (Lipinski definition) is 4. The van der Waals surface area contributed by atoms with Gasteiger partial charge in [-0.1, -0.05) is 47.6 Å². The molecule has 214 valence electrons. The maximum absolute atomic E-state index is 13.2. The number of carboxylic acids is 1. The minimum atomic E-state index is -1.32. The van der Waals surface area contributed by atoms with Crippen molar-refractivity contribution in [3.8, 4) is 0 Å². The van der Waals surface area contributed by atoms with Crippen LogP contribution in [0.15, 0.2) is 52.1 Å². The Kier molecular flexibility index (Phi) is 10.6. The topological polar surface area (TPSA) is 190 Å². The lowest BCUT2D eigenvalue weighted by molar-refractivity contribution is -0.140. The molecule has 13 nitrogen and oxygen atoms in total. The normalized spacial score (nSPS) is 12.9. The van der Waals surface area contributed by atoms with Crippen LogP contribution in [0.2, 0.25) is 0 Å². The van der Waals surface area contributed by atoms with Gasteiger partial charge in [-0.05, 0) is 25.8 Å². The summed E-state index contributed by atoms with van der Waals surface area (Å²) in [6.07, 6.45) is 2.27. The first kappa shape index (κ1) is 30.5. The van der Waals surface area contributed by atoms with Crippen molar-refractivity contribution in [2.24, 2.45) is 0 Å². The number of thioether (sulfide) groups is 1. The Morgan fingerprint density at radius 2 is 1.90 bits per heavy atom. The van der Waals surface area contributed by atoms with Gasteiger partial charge >= 0.3 is 5.97 Å². The number of aliphatic carboxylic acids is 1. The van der Waals surface area contributed by atoms with Crippen LogP contribution in [0.25, 0.3) is 0 Å². The first-order chi connectivity index (χ1) is 19.0. The van der Waals surface area contributed by atoms with E-state index in [1.807, 2.05) is 30.3 Å². The maximum Gasteiger partial charge on any atom is 0.305 e. The largest absolute Gasteiger partial charge is 0.481 e. The fourth-order valence-corrected chi connectivity index (χ4v) is 4.82. The molecule has 3 aromatic rings. The fourth-order valence-electron chi connectivity index (χ4n) is 3.89. The lowest BCUT2D eigenvalue weighted by Crippen LogP contribution is -2.47. The number of Topliss-reactive ketones (excluding diaryl/α,β-unsaturated/α-hetero) is 1. The first-order valence-electron chi connectivity index (χ1n) is 12.5. The highest BCUT2D eigenvalue weighted by molar-refractivity contribution is 7.99. The summed E-state index contributed by atoms with van der Waals surface area (Å²) in [6.45, 7) is 4.68. The smallest absolute Gasteiger partial charge is 0.305 e. The second-order valence-corrected chi connectivity index (χ2v) is 10.5. The van der Waals surface area contributed by atoms with Crippen molar-refractivity contribution in [2.45, 2.75) is 63.6 Å².